The fraction of sp³-hybridized carbons (Fsp3) is 0.261. The van der Waals surface area contributed by atoms with Crippen molar-refractivity contribution in [2.75, 3.05) is 5.32 Å². The lowest BCUT2D eigenvalue weighted by atomic mass is 9.99. The molecule has 150 valence electrons. The Labute approximate surface area is 170 Å². The summed E-state index contributed by atoms with van der Waals surface area (Å²) in [4.78, 5) is 23.2. The van der Waals surface area contributed by atoms with Crippen LogP contribution in [0.4, 0.5) is 5.69 Å². The third-order valence-corrected chi connectivity index (χ3v) is 4.40. The van der Waals surface area contributed by atoms with Crippen molar-refractivity contribution in [1.82, 2.24) is 9.78 Å². The standard InChI is InChI=1S/C23H25N3O3/c1-14(2)22-21(18-9-11-19(12-10-18)24-16(4)27)23(29-17(5)28)26(25-22)20-8-6-7-15(3)13-20/h6-14H,1-5H3,(H,24,27). The van der Waals surface area contributed by atoms with E-state index < -0.39 is 5.97 Å². The van der Waals surface area contributed by atoms with Crippen molar-refractivity contribution < 1.29 is 14.3 Å². The second-order valence-corrected chi connectivity index (χ2v) is 7.32. The normalized spacial score (nSPS) is 10.8. The van der Waals surface area contributed by atoms with Gasteiger partial charge in [0, 0.05) is 19.5 Å². The molecule has 2 aromatic carbocycles. The summed E-state index contributed by atoms with van der Waals surface area (Å²) in [6, 6.07) is 15.3. The van der Waals surface area contributed by atoms with E-state index in [1.165, 1.54) is 13.8 Å². The molecular weight excluding hydrogens is 366 g/mol. The molecule has 1 amide bonds. The molecule has 6 nitrogen and oxygen atoms in total. The molecule has 0 saturated heterocycles. The summed E-state index contributed by atoms with van der Waals surface area (Å²) in [6.07, 6.45) is 0. The smallest absolute Gasteiger partial charge is 0.309 e. The molecule has 1 aromatic heterocycles. The third kappa shape index (κ3) is 4.54. The van der Waals surface area contributed by atoms with Crippen molar-refractivity contribution in [2.45, 2.75) is 40.5 Å². The summed E-state index contributed by atoms with van der Waals surface area (Å²) in [6.45, 7) is 8.95. The number of carbonyl (C=O) groups is 2. The van der Waals surface area contributed by atoms with Gasteiger partial charge in [-0.2, -0.15) is 9.78 Å². The first-order valence-electron chi connectivity index (χ1n) is 9.52. The van der Waals surface area contributed by atoms with E-state index in [4.69, 9.17) is 9.84 Å². The fourth-order valence-electron chi connectivity index (χ4n) is 3.18. The molecule has 0 aliphatic rings. The maximum absolute atomic E-state index is 11.9. The van der Waals surface area contributed by atoms with Crippen LogP contribution >= 0.6 is 0 Å². The van der Waals surface area contributed by atoms with Gasteiger partial charge in [0.25, 0.3) is 0 Å². The van der Waals surface area contributed by atoms with Crippen LogP contribution < -0.4 is 10.1 Å². The number of nitrogens with one attached hydrogen (secondary N) is 1. The number of anilines is 1. The van der Waals surface area contributed by atoms with Gasteiger partial charge in [-0.05, 0) is 48.2 Å². The number of carbonyl (C=O) groups excluding carboxylic acids is 2. The van der Waals surface area contributed by atoms with Gasteiger partial charge < -0.3 is 10.1 Å². The van der Waals surface area contributed by atoms with E-state index in [0.717, 1.165) is 28.1 Å². The lowest BCUT2D eigenvalue weighted by molar-refractivity contribution is -0.132. The SMILES string of the molecule is CC(=O)Nc1ccc(-c2c(C(C)C)nn(-c3cccc(C)c3)c2OC(C)=O)cc1. The Morgan fingerprint density at radius 3 is 2.31 bits per heavy atom. The molecular formula is C23H25N3O3. The van der Waals surface area contributed by atoms with Gasteiger partial charge in [0.1, 0.15) is 0 Å². The molecule has 3 aromatic rings. The number of hydrogen-bond acceptors (Lipinski definition) is 4. The zero-order chi connectivity index (χ0) is 21.1. The number of aromatic nitrogens is 2. The number of benzene rings is 2. The third-order valence-electron chi connectivity index (χ3n) is 4.40. The summed E-state index contributed by atoms with van der Waals surface area (Å²) in [5.41, 5.74) is 5.06. The number of nitrogens with zero attached hydrogens (tertiary/aromatic N) is 2. The lowest BCUT2D eigenvalue weighted by Gasteiger charge is -2.11. The zero-order valence-electron chi connectivity index (χ0n) is 17.3. The van der Waals surface area contributed by atoms with Crippen molar-refractivity contribution >= 4 is 17.6 Å². The molecule has 0 unspecified atom stereocenters. The van der Waals surface area contributed by atoms with Gasteiger partial charge in [-0.1, -0.05) is 38.1 Å². The largest absolute Gasteiger partial charge is 0.407 e. The van der Waals surface area contributed by atoms with Crippen molar-refractivity contribution in [3.63, 3.8) is 0 Å². The summed E-state index contributed by atoms with van der Waals surface area (Å²) in [5, 5.41) is 7.55. The molecule has 0 radical (unpaired) electrons. The van der Waals surface area contributed by atoms with Crippen LogP contribution in [0.15, 0.2) is 48.5 Å². The van der Waals surface area contributed by atoms with E-state index in [1.807, 2.05) is 55.5 Å². The molecule has 0 aliphatic heterocycles. The molecule has 1 heterocycles. The highest BCUT2D eigenvalue weighted by Gasteiger charge is 2.25. The number of aryl methyl sites for hydroxylation is 1. The molecule has 3 rings (SSSR count). The van der Waals surface area contributed by atoms with Crippen molar-refractivity contribution in [3.05, 3.63) is 59.8 Å². The van der Waals surface area contributed by atoms with Gasteiger partial charge in [-0.3, -0.25) is 9.59 Å². The lowest BCUT2D eigenvalue weighted by Crippen LogP contribution is -2.08. The number of ether oxygens (including phenoxy) is 1. The first kappa shape index (κ1) is 20.3. The highest BCUT2D eigenvalue weighted by Crippen LogP contribution is 2.39. The minimum Gasteiger partial charge on any atom is -0.407 e. The van der Waals surface area contributed by atoms with Crippen LogP contribution in [0.1, 0.15) is 44.9 Å². The Morgan fingerprint density at radius 1 is 1.07 bits per heavy atom. The maximum atomic E-state index is 11.9. The second kappa shape index (κ2) is 8.31. The topological polar surface area (TPSA) is 73.2 Å². The molecule has 1 N–H and O–H groups in total. The molecule has 0 fully saturated rings. The molecule has 0 atom stereocenters. The Hall–Kier alpha value is -3.41. The van der Waals surface area contributed by atoms with E-state index in [2.05, 4.69) is 19.2 Å². The molecule has 0 aliphatic carbocycles. The molecule has 0 saturated carbocycles. The van der Waals surface area contributed by atoms with Crippen molar-refractivity contribution in [1.29, 1.82) is 0 Å². The number of rotatable bonds is 5. The van der Waals surface area contributed by atoms with Crippen LogP contribution in [0.25, 0.3) is 16.8 Å². The van der Waals surface area contributed by atoms with Crippen LogP contribution in [0.3, 0.4) is 0 Å². The van der Waals surface area contributed by atoms with Gasteiger partial charge in [0.15, 0.2) is 0 Å². The highest BCUT2D eigenvalue weighted by atomic mass is 16.5. The first-order valence-corrected chi connectivity index (χ1v) is 9.52. The van der Waals surface area contributed by atoms with E-state index >= 15 is 0 Å². The van der Waals surface area contributed by atoms with Crippen LogP contribution in [-0.4, -0.2) is 21.7 Å². The summed E-state index contributed by atoms with van der Waals surface area (Å²) in [7, 11) is 0. The van der Waals surface area contributed by atoms with Crippen LogP contribution in [0.5, 0.6) is 5.88 Å². The molecule has 0 spiro atoms. The van der Waals surface area contributed by atoms with E-state index in [1.54, 1.807) is 4.68 Å². The van der Waals surface area contributed by atoms with Crippen molar-refractivity contribution in [2.24, 2.45) is 0 Å². The first-order chi connectivity index (χ1) is 13.8. The Bertz CT molecular complexity index is 1050. The van der Waals surface area contributed by atoms with Gasteiger partial charge in [-0.15, -0.1) is 0 Å². The predicted molar refractivity (Wildman–Crippen MR) is 113 cm³/mol. The van der Waals surface area contributed by atoms with Gasteiger partial charge in [0.2, 0.25) is 11.8 Å². The van der Waals surface area contributed by atoms with Crippen LogP contribution in [-0.2, 0) is 9.59 Å². The molecule has 6 heteroatoms. The Morgan fingerprint density at radius 2 is 1.76 bits per heavy atom. The second-order valence-electron chi connectivity index (χ2n) is 7.32. The minimum atomic E-state index is -0.412. The number of hydrogen-bond donors (Lipinski definition) is 1. The monoisotopic (exact) mass is 391 g/mol. The highest BCUT2D eigenvalue weighted by molar-refractivity contribution is 5.89. The van der Waals surface area contributed by atoms with Gasteiger partial charge >= 0.3 is 5.97 Å². The minimum absolute atomic E-state index is 0.111. The predicted octanol–water partition coefficient (Wildman–Crippen LogP) is 4.85. The summed E-state index contributed by atoms with van der Waals surface area (Å²) in [5.74, 6) is -0.0434. The van der Waals surface area contributed by atoms with Gasteiger partial charge in [0.05, 0.1) is 16.9 Å². The quantitative estimate of drug-likeness (QED) is 0.631. The Kier molecular flexibility index (Phi) is 5.82. The fourth-order valence-corrected chi connectivity index (χ4v) is 3.18. The van der Waals surface area contributed by atoms with E-state index in [0.29, 0.717) is 11.6 Å². The van der Waals surface area contributed by atoms with Gasteiger partial charge in [-0.25, -0.2) is 0 Å². The van der Waals surface area contributed by atoms with E-state index in [-0.39, 0.29) is 11.8 Å². The van der Waals surface area contributed by atoms with Crippen LogP contribution in [0, 0.1) is 6.92 Å². The molecule has 29 heavy (non-hydrogen) atoms. The van der Waals surface area contributed by atoms with E-state index in [9.17, 15) is 9.59 Å². The van der Waals surface area contributed by atoms with Crippen LogP contribution in [0.2, 0.25) is 0 Å². The maximum Gasteiger partial charge on any atom is 0.309 e. The molecule has 0 bridgehead atoms. The van der Waals surface area contributed by atoms with Crippen molar-refractivity contribution in [3.8, 4) is 22.7 Å². The number of amides is 1. The number of esters is 1. The summed E-state index contributed by atoms with van der Waals surface area (Å²) < 4.78 is 7.32. The zero-order valence-corrected chi connectivity index (χ0v) is 17.3. The summed E-state index contributed by atoms with van der Waals surface area (Å²) >= 11 is 0. The average molecular weight is 391 g/mol. The Balaban J connectivity index is 2.21. The average Bonchev–Trinajstić information content (AvgIpc) is 3.01.